The molecule has 0 saturated heterocycles. The van der Waals surface area contributed by atoms with Gasteiger partial charge in [0.05, 0.1) is 12.2 Å². The minimum absolute atomic E-state index is 0.265. The average Bonchev–Trinajstić information content (AvgIpc) is 3.32. The standard InChI is InChI=1S/C17H17FN4O/c18-13-3-5-14(6-4-13)23-10-8-20-17-16-11-15(12-1-2-12)21-22(16)9-7-19-17/h3-7,9,11-12H,1-2,8,10H2,(H,19,20). The quantitative estimate of drug-likeness (QED) is 0.710. The molecule has 23 heavy (non-hydrogen) atoms. The Morgan fingerprint density at radius 1 is 1.26 bits per heavy atom. The lowest BCUT2D eigenvalue weighted by Crippen LogP contribution is -2.13. The number of fused-ring (bicyclic) bond motifs is 1. The number of halogens is 1. The van der Waals surface area contributed by atoms with Crippen LogP contribution in [-0.4, -0.2) is 27.7 Å². The van der Waals surface area contributed by atoms with Crippen LogP contribution in [-0.2, 0) is 0 Å². The lowest BCUT2D eigenvalue weighted by molar-refractivity contribution is 0.332. The molecule has 1 saturated carbocycles. The van der Waals surface area contributed by atoms with Crippen LogP contribution in [0.1, 0.15) is 24.5 Å². The van der Waals surface area contributed by atoms with E-state index in [1.54, 1.807) is 18.3 Å². The largest absolute Gasteiger partial charge is 0.492 e. The molecule has 0 amide bonds. The first-order valence-electron chi connectivity index (χ1n) is 7.76. The molecule has 1 N–H and O–H groups in total. The van der Waals surface area contributed by atoms with Crippen LogP contribution in [0.3, 0.4) is 0 Å². The van der Waals surface area contributed by atoms with E-state index in [0.29, 0.717) is 24.8 Å². The van der Waals surface area contributed by atoms with Crippen LogP contribution in [0, 0.1) is 5.82 Å². The lowest BCUT2D eigenvalue weighted by atomic mass is 10.3. The molecule has 118 valence electrons. The monoisotopic (exact) mass is 312 g/mol. The van der Waals surface area contributed by atoms with Gasteiger partial charge in [0.2, 0.25) is 0 Å². The maximum absolute atomic E-state index is 12.8. The molecule has 1 fully saturated rings. The molecule has 6 heteroatoms. The molecule has 1 aliphatic rings. The fraction of sp³-hybridized carbons (Fsp3) is 0.294. The van der Waals surface area contributed by atoms with Gasteiger partial charge < -0.3 is 10.1 Å². The normalized spacial score (nSPS) is 14.1. The van der Waals surface area contributed by atoms with Gasteiger partial charge in [0.1, 0.15) is 23.7 Å². The zero-order chi connectivity index (χ0) is 15.6. The van der Waals surface area contributed by atoms with E-state index in [1.165, 1.54) is 25.0 Å². The zero-order valence-electron chi connectivity index (χ0n) is 12.6. The average molecular weight is 312 g/mol. The molecule has 2 heterocycles. The second kappa shape index (κ2) is 5.87. The summed E-state index contributed by atoms with van der Waals surface area (Å²) in [4.78, 5) is 4.38. The maximum Gasteiger partial charge on any atom is 0.152 e. The Morgan fingerprint density at radius 3 is 2.87 bits per heavy atom. The smallest absolute Gasteiger partial charge is 0.152 e. The molecule has 0 atom stereocenters. The Hall–Kier alpha value is -2.63. The van der Waals surface area contributed by atoms with Crippen LogP contribution in [0.4, 0.5) is 10.2 Å². The number of rotatable bonds is 6. The van der Waals surface area contributed by atoms with Crippen molar-refractivity contribution in [2.75, 3.05) is 18.5 Å². The number of benzene rings is 1. The van der Waals surface area contributed by atoms with Gasteiger partial charge in [-0.05, 0) is 43.2 Å². The van der Waals surface area contributed by atoms with E-state index in [9.17, 15) is 4.39 Å². The van der Waals surface area contributed by atoms with Gasteiger partial charge in [0.15, 0.2) is 5.82 Å². The Kier molecular flexibility index (Phi) is 3.57. The summed E-state index contributed by atoms with van der Waals surface area (Å²) >= 11 is 0. The fourth-order valence-corrected chi connectivity index (χ4v) is 2.52. The van der Waals surface area contributed by atoms with Gasteiger partial charge in [0.25, 0.3) is 0 Å². The fourth-order valence-electron chi connectivity index (χ4n) is 2.52. The van der Waals surface area contributed by atoms with E-state index in [-0.39, 0.29) is 5.82 Å². The van der Waals surface area contributed by atoms with Crippen molar-refractivity contribution in [1.29, 1.82) is 0 Å². The predicted molar refractivity (Wildman–Crippen MR) is 85.3 cm³/mol. The molecule has 2 aromatic heterocycles. The van der Waals surface area contributed by atoms with Crippen LogP contribution >= 0.6 is 0 Å². The van der Waals surface area contributed by atoms with E-state index in [4.69, 9.17) is 4.74 Å². The summed E-state index contributed by atoms with van der Waals surface area (Å²) < 4.78 is 20.3. The molecule has 3 aromatic rings. The Labute approximate surface area is 133 Å². The molecular formula is C17H17FN4O. The van der Waals surface area contributed by atoms with Crippen molar-refractivity contribution >= 4 is 11.3 Å². The second-order valence-corrected chi connectivity index (χ2v) is 5.68. The molecule has 0 aliphatic heterocycles. The summed E-state index contributed by atoms with van der Waals surface area (Å²) in [7, 11) is 0. The van der Waals surface area contributed by atoms with Crippen molar-refractivity contribution in [2.24, 2.45) is 0 Å². The van der Waals surface area contributed by atoms with E-state index in [1.807, 2.05) is 10.7 Å². The molecule has 0 unspecified atom stereocenters. The van der Waals surface area contributed by atoms with Crippen LogP contribution in [0.25, 0.3) is 5.52 Å². The molecular weight excluding hydrogens is 295 g/mol. The van der Waals surface area contributed by atoms with Crippen LogP contribution in [0.15, 0.2) is 42.7 Å². The molecule has 0 spiro atoms. The summed E-state index contributed by atoms with van der Waals surface area (Å²) in [6, 6.07) is 8.11. The van der Waals surface area contributed by atoms with Gasteiger partial charge in [-0.15, -0.1) is 0 Å². The topological polar surface area (TPSA) is 51.5 Å². The van der Waals surface area contributed by atoms with Crippen LogP contribution in [0.2, 0.25) is 0 Å². The highest BCUT2D eigenvalue weighted by Crippen LogP contribution is 2.39. The van der Waals surface area contributed by atoms with Crippen molar-refractivity contribution in [3.8, 4) is 5.75 Å². The minimum atomic E-state index is -0.265. The summed E-state index contributed by atoms with van der Waals surface area (Å²) in [5, 5.41) is 7.86. The highest BCUT2D eigenvalue weighted by atomic mass is 19.1. The first kappa shape index (κ1) is 14.0. The third kappa shape index (κ3) is 3.11. The van der Waals surface area contributed by atoms with Gasteiger partial charge in [-0.3, -0.25) is 0 Å². The number of ether oxygens (including phenoxy) is 1. The summed E-state index contributed by atoms with van der Waals surface area (Å²) in [5.41, 5.74) is 2.12. The third-order valence-corrected chi connectivity index (χ3v) is 3.88. The Morgan fingerprint density at radius 2 is 2.09 bits per heavy atom. The molecule has 1 aliphatic carbocycles. The first-order chi connectivity index (χ1) is 11.3. The molecule has 0 bridgehead atoms. The molecule has 1 aromatic carbocycles. The van der Waals surface area contributed by atoms with E-state index >= 15 is 0 Å². The SMILES string of the molecule is Fc1ccc(OCCNc2nccn3nc(C4CC4)cc23)cc1. The molecule has 0 radical (unpaired) electrons. The van der Waals surface area contributed by atoms with Crippen LogP contribution < -0.4 is 10.1 Å². The lowest BCUT2D eigenvalue weighted by Gasteiger charge is -2.08. The number of hydrogen-bond donors (Lipinski definition) is 1. The Balaban J connectivity index is 1.38. The summed E-state index contributed by atoms with van der Waals surface area (Å²) in [5.74, 6) is 1.80. The number of aromatic nitrogens is 3. The molecule has 5 nitrogen and oxygen atoms in total. The predicted octanol–water partition coefficient (Wildman–Crippen LogP) is 3.24. The minimum Gasteiger partial charge on any atom is -0.492 e. The van der Waals surface area contributed by atoms with Crippen molar-refractivity contribution in [2.45, 2.75) is 18.8 Å². The van der Waals surface area contributed by atoms with E-state index in [0.717, 1.165) is 17.0 Å². The number of hydrogen-bond acceptors (Lipinski definition) is 4. The van der Waals surface area contributed by atoms with Crippen molar-refractivity contribution in [3.63, 3.8) is 0 Å². The second-order valence-electron chi connectivity index (χ2n) is 5.68. The summed E-state index contributed by atoms with van der Waals surface area (Å²) in [6.45, 7) is 1.08. The highest BCUT2D eigenvalue weighted by Gasteiger charge is 2.26. The third-order valence-electron chi connectivity index (χ3n) is 3.88. The van der Waals surface area contributed by atoms with Gasteiger partial charge in [0, 0.05) is 18.3 Å². The van der Waals surface area contributed by atoms with E-state index < -0.39 is 0 Å². The van der Waals surface area contributed by atoms with Crippen molar-refractivity contribution in [1.82, 2.24) is 14.6 Å². The number of anilines is 1. The zero-order valence-corrected chi connectivity index (χ0v) is 12.6. The van der Waals surface area contributed by atoms with Gasteiger partial charge in [-0.25, -0.2) is 13.9 Å². The van der Waals surface area contributed by atoms with E-state index in [2.05, 4.69) is 21.5 Å². The van der Waals surface area contributed by atoms with Crippen LogP contribution in [0.5, 0.6) is 5.75 Å². The van der Waals surface area contributed by atoms with Crippen molar-refractivity contribution < 1.29 is 9.13 Å². The number of nitrogens with zero attached hydrogens (tertiary/aromatic N) is 3. The highest BCUT2D eigenvalue weighted by molar-refractivity contribution is 5.68. The Bertz CT molecular complexity index is 811. The number of nitrogens with one attached hydrogen (secondary N) is 1. The molecule has 4 rings (SSSR count). The van der Waals surface area contributed by atoms with Gasteiger partial charge in [-0.1, -0.05) is 0 Å². The van der Waals surface area contributed by atoms with Gasteiger partial charge in [-0.2, -0.15) is 5.10 Å². The first-order valence-corrected chi connectivity index (χ1v) is 7.76. The maximum atomic E-state index is 12.8. The van der Waals surface area contributed by atoms with Gasteiger partial charge >= 0.3 is 0 Å². The van der Waals surface area contributed by atoms with Crippen molar-refractivity contribution in [3.05, 3.63) is 54.2 Å². The summed E-state index contributed by atoms with van der Waals surface area (Å²) in [6.07, 6.45) is 6.05.